The van der Waals surface area contributed by atoms with Gasteiger partial charge >= 0.3 is 0 Å². The van der Waals surface area contributed by atoms with Gasteiger partial charge in [-0.25, -0.2) is 4.98 Å². The topological polar surface area (TPSA) is 47.4 Å². The van der Waals surface area contributed by atoms with Gasteiger partial charge in [0.25, 0.3) is 0 Å². The number of amides is 1. The van der Waals surface area contributed by atoms with Gasteiger partial charge in [-0.3, -0.25) is 4.79 Å². The van der Waals surface area contributed by atoms with E-state index in [-0.39, 0.29) is 17.9 Å². The number of imidazole rings is 1. The molecule has 1 amide bonds. The van der Waals surface area contributed by atoms with Gasteiger partial charge in [0.15, 0.2) is 0 Å². The minimum absolute atomic E-state index is 0.0266. The van der Waals surface area contributed by atoms with E-state index in [0.717, 1.165) is 49.4 Å². The van der Waals surface area contributed by atoms with Crippen molar-refractivity contribution in [1.82, 2.24) is 14.5 Å². The quantitative estimate of drug-likeness (QED) is 0.828. The minimum Gasteiger partial charge on any atom is -0.377 e. The maximum absolute atomic E-state index is 12.7. The summed E-state index contributed by atoms with van der Waals surface area (Å²) in [6.45, 7) is 5.06. The summed E-state index contributed by atoms with van der Waals surface area (Å²) in [5.74, 6) is 1.22. The third-order valence-corrected chi connectivity index (χ3v) is 4.92. The summed E-state index contributed by atoms with van der Waals surface area (Å²) in [7, 11) is 0. The smallest absolute Gasteiger partial charge is 0.228 e. The fraction of sp³-hybridized carbons (Fsp3) is 0.714. The molecule has 6 heteroatoms. The number of carbonyl (C=O) groups is 1. The molecule has 110 valence electrons. The molecule has 2 atom stereocenters. The maximum atomic E-state index is 12.7. The molecule has 0 unspecified atom stereocenters. The Bertz CT molecular complexity index is 503. The number of carbonyl (C=O) groups excluding carboxylic acids is 1. The first-order valence-electron chi connectivity index (χ1n) is 7.31. The summed E-state index contributed by atoms with van der Waals surface area (Å²) < 4.78 is 8.87. The van der Waals surface area contributed by atoms with Crippen LogP contribution in [0, 0.1) is 5.92 Å². The Hall–Kier alpha value is -0.880. The van der Waals surface area contributed by atoms with Gasteiger partial charge in [-0.05, 0) is 35.2 Å². The number of hydrogen-bond donors (Lipinski definition) is 0. The molecule has 1 aromatic heterocycles. The molecule has 0 bridgehead atoms. The summed E-state index contributed by atoms with van der Waals surface area (Å²) in [4.78, 5) is 19.0. The minimum atomic E-state index is 0.0266. The van der Waals surface area contributed by atoms with Crippen molar-refractivity contribution in [3.63, 3.8) is 0 Å². The van der Waals surface area contributed by atoms with E-state index < -0.39 is 0 Å². The van der Waals surface area contributed by atoms with Crippen LogP contribution in [0.25, 0.3) is 0 Å². The van der Waals surface area contributed by atoms with Crippen LogP contribution in [0.5, 0.6) is 0 Å². The van der Waals surface area contributed by atoms with E-state index in [2.05, 4.69) is 32.4 Å². The van der Waals surface area contributed by atoms with Gasteiger partial charge in [-0.1, -0.05) is 6.92 Å². The van der Waals surface area contributed by atoms with Gasteiger partial charge in [0.1, 0.15) is 10.4 Å². The number of hydrogen-bond acceptors (Lipinski definition) is 3. The summed E-state index contributed by atoms with van der Waals surface area (Å²) in [6.07, 6.45) is 4.74. The Morgan fingerprint density at radius 1 is 1.55 bits per heavy atom. The number of fused-ring (bicyclic) bond motifs is 1. The highest BCUT2D eigenvalue weighted by Gasteiger charge is 2.35. The van der Waals surface area contributed by atoms with E-state index in [1.54, 1.807) is 0 Å². The zero-order valence-electron chi connectivity index (χ0n) is 11.7. The van der Waals surface area contributed by atoms with E-state index in [4.69, 9.17) is 4.74 Å². The molecule has 5 nitrogen and oxygen atoms in total. The van der Waals surface area contributed by atoms with Gasteiger partial charge in [0, 0.05) is 19.7 Å². The zero-order chi connectivity index (χ0) is 14.1. The normalized spacial score (nSPS) is 26.4. The number of aromatic nitrogens is 2. The second-order valence-electron chi connectivity index (χ2n) is 5.47. The van der Waals surface area contributed by atoms with Crippen LogP contribution in [0.15, 0.2) is 10.8 Å². The molecule has 1 saturated heterocycles. The average Bonchev–Trinajstić information content (AvgIpc) is 2.87. The molecular weight excluding hydrogens is 322 g/mol. The van der Waals surface area contributed by atoms with Crippen molar-refractivity contribution >= 4 is 21.8 Å². The molecule has 0 saturated carbocycles. The fourth-order valence-corrected chi connectivity index (χ4v) is 3.65. The van der Waals surface area contributed by atoms with Crippen LogP contribution < -0.4 is 0 Å². The van der Waals surface area contributed by atoms with Gasteiger partial charge in [-0.2, -0.15) is 0 Å². The Morgan fingerprint density at radius 3 is 3.20 bits per heavy atom. The predicted octanol–water partition coefficient (Wildman–Crippen LogP) is 2.19. The van der Waals surface area contributed by atoms with Crippen molar-refractivity contribution in [3.05, 3.63) is 16.6 Å². The lowest BCUT2D eigenvalue weighted by molar-refractivity contribution is -0.146. The van der Waals surface area contributed by atoms with Crippen LogP contribution in [0.2, 0.25) is 0 Å². The van der Waals surface area contributed by atoms with E-state index in [0.29, 0.717) is 6.54 Å². The molecule has 20 heavy (non-hydrogen) atoms. The molecule has 1 fully saturated rings. The van der Waals surface area contributed by atoms with Crippen molar-refractivity contribution in [2.45, 2.75) is 45.4 Å². The van der Waals surface area contributed by atoms with Gasteiger partial charge in [-0.15, -0.1) is 0 Å². The Morgan fingerprint density at radius 2 is 2.40 bits per heavy atom. The SMILES string of the molecule is CC[C@H]1OCCC[C@@H]1C(=O)N1CCn2c(Br)cnc2C1. The molecular formula is C14H20BrN3O2. The largest absolute Gasteiger partial charge is 0.377 e. The van der Waals surface area contributed by atoms with Crippen LogP contribution >= 0.6 is 15.9 Å². The lowest BCUT2D eigenvalue weighted by Crippen LogP contribution is -2.46. The summed E-state index contributed by atoms with van der Waals surface area (Å²) in [5.41, 5.74) is 0. The first-order chi connectivity index (χ1) is 9.70. The molecule has 0 radical (unpaired) electrons. The van der Waals surface area contributed by atoms with Crippen molar-refractivity contribution in [3.8, 4) is 0 Å². The Labute approximate surface area is 127 Å². The van der Waals surface area contributed by atoms with E-state index in [1.165, 1.54) is 0 Å². The molecule has 2 aliphatic heterocycles. The lowest BCUT2D eigenvalue weighted by Gasteiger charge is -2.36. The number of rotatable bonds is 2. The summed E-state index contributed by atoms with van der Waals surface area (Å²) in [5, 5.41) is 0. The third-order valence-electron chi connectivity index (χ3n) is 4.29. The second kappa shape index (κ2) is 5.85. The van der Waals surface area contributed by atoms with Crippen molar-refractivity contribution in [1.29, 1.82) is 0 Å². The molecule has 2 aliphatic rings. The lowest BCUT2D eigenvalue weighted by atomic mass is 9.91. The van der Waals surface area contributed by atoms with E-state index in [1.807, 2.05) is 11.1 Å². The Balaban J connectivity index is 1.72. The number of halogens is 1. The molecule has 3 heterocycles. The molecule has 0 spiro atoms. The second-order valence-corrected chi connectivity index (χ2v) is 6.29. The number of nitrogens with zero attached hydrogens (tertiary/aromatic N) is 3. The van der Waals surface area contributed by atoms with E-state index >= 15 is 0 Å². The highest BCUT2D eigenvalue weighted by Crippen LogP contribution is 2.27. The standard InChI is InChI=1S/C14H20BrN3O2/c1-2-11-10(4-3-7-20-11)14(19)17-5-6-18-12(15)8-16-13(18)9-17/h8,10-11H,2-7,9H2,1H3/t10-,11+/m0/s1. The summed E-state index contributed by atoms with van der Waals surface area (Å²) >= 11 is 3.48. The first-order valence-corrected chi connectivity index (χ1v) is 8.10. The van der Waals surface area contributed by atoms with Crippen LogP contribution in [-0.2, 0) is 22.6 Å². The fourth-order valence-electron chi connectivity index (χ4n) is 3.17. The van der Waals surface area contributed by atoms with Gasteiger partial charge < -0.3 is 14.2 Å². The first kappa shape index (κ1) is 14.1. The van der Waals surface area contributed by atoms with Gasteiger partial charge in [0.2, 0.25) is 5.91 Å². The monoisotopic (exact) mass is 341 g/mol. The maximum Gasteiger partial charge on any atom is 0.228 e. The molecule has 0 aromatic carbocycles. The van der Waals surface area contributed by atoms with Crippen LogP contribution in [0.1, 0.15) is 32.0 Å². The predicted molar refractivity (Wildman–Crippen MR) is 78.1 cm³/mol. The van der Waals surface area contributed by atoms with Crippen LogP contribution in [0.3, 0.4) is 0 Å². The number of ether oxygens (including phenoxy) is 1. The van der Waals surface area contributed by atoms with Gasteiger partial charge in [0.05, 0.1) is 24.8 Å². The van der Waals surface area contributed by atoms with Crippen molar-refractivity contribution in [2.75, 3.05) is 13.2 Å². The molecule has 0 aliphatic carbocycles. The average molecular weight is 342 g/mol. The summed E-state index contributed by atoms with van der Waals surface area (Å²) in [6, 6.07) is 0. The molecule has 3 rings (SSSR count). The highest BCUT2D eigenvalue weighted by molar-refractivity contribution is 9.10. The van der Waals surface area contributed by atoms with Crippen LogP contribution in [-0.4, -0.2) is 39.6 Å². The van der Waals surface area contributed by atoms with E-state index in [9.17, 15) is 4.79 Å². The zero-order valence-corrected chi connectivity index (χ0v) is 13.3. The highest BCUT2D eigenvalue weighted by atomic mass is 79.9. The Kier molecular flexibility index (Phi) is 4.12. The molecule has 0 N–H and O–H groups in total. The third kappa shape index (κ3) is 2.51. The van der Waals surface area contributed by atoms with Crippen molar-refractivity contribution in [2.24, 2.45) is 5.92 Å². The van der Waals surface area contributed by atoms with Crippen LogP contribution in [0.4, 0.5) is 0 Å². The molecule has 1 aromatic rings. The van der Waals surface area contributed by atoms with Crippen molar-refractivity contribution < 1.29 is 9.53 Å².